The summed E-state index contributed by atoms with van der Waals surface area (Å²) in [6, 6.07) is 3.06. The van der Waals surface area contributed by atoms with Crippen molar-refractivity contribution in [3.63, 3.8) is 0 Å². The van der Waals surface area contributed by atoms with E-state index in [1.165, 1.54) is 21.2 Å². The third-order valence-electron chi connectivity index (χ3n) is 14.3. The first-order valence-electron chi connectivity index (χ1n) is 24.4. The van der Waals surface area contributed by atoms with Crippen LogP contribution in [0.3, 0.4) is 0 Å². The van der Waals surface area contributed by atoms with E-state index < -0.39 is 41.3 Å². The Morgan fingerprint density at radius 3 is 2.59 bits per heavy atom. The molecular formula is C50H70N10O7S. The van der Waals surface area contributed by atoms with Crippen molar-refractivity contribution in [2.24, 2.45) is 16.3 Å². The number of aryl methyl sites for hydroxylation is 1. The number of ether oxygens (including phenoxy) is 2. The highest BCUT2D eigenvalue weighted by Crippen LogP contribution is 2.42. The molecule has 0 saturated carbocycles. The fourth-order valence-electron chi connectivity index (χ4n) is 10.5. The average Bonchev–Trinajstić information content (AvgIpc) is 4.02. The zero-order valence-corrected chi connectivity index (χ0v) is 42.0. The molecule has 3 fully saturated rings. The van der Waals surface area contributed by atoms with Crippen LogP contribution in [0.25, 0.3) is 27.7 Å². The van der Waals surface area contributed by atoms with Crippen LogP contribution in [0.2, 0.25) is 0 Å². The lowest BCUT2D eigenvalue weighted by molar-refractivity contribution is -0.155. The Morgan fingerprint density at radius 1 is 1.10 bits per heavy atom. The number of urea groups is 1. The van der Waals surface area contributed by atoms with Gasteiger partial charge in [0.2, 0.25) is 11.8 Å². The van der Waals surface area contributed by atoms with Crippen molar-refractivity contribution in [2.75, 3.05) is 54.0 Å². The van der Waals surface area contributed by atoms with Gasteiger partial charge >= 0.3 is 12.0 Å². The first kappa shape index (κ1) is 49.3. The Kier molecular flexibility index (Phi) is 14.8. The van der Waals surface area contributed by atoms with Gasteiger partial charge in [0.25, 0.3) is 5.91 Å². The van der Waals surface area contributed by atoms with E-state index in [1.807, 2.05) is 32.4 Å². The molecule has 17 nitrogen and oxygen atoms in total. The van der Waals surface area contributed by atoms with E-state index in [-0.39, 0.29) is 49.1 Å². The summed E-state index contributed by atoms with van der Waals surface area (Å²) < 4.78 is 14.4. The Labute approximate surface area is 404 Å². The van der Waals surface area contributed by atoms with Crippen LogP contribution in [-0.2, 0) is 48.0 Å². The van der Waals surface area contributed by atoms with Gasteiger partial charge in [0.1, 0.15) is 18.1 Å². The number of thiazole rings is 1. The molecule has 6 atom stereocenters. The maximum atomic E-state index is 14.7. The van der Waals surface area contributed by atoms with E-state index in [2.05, 4.69) is 59.6 Å². The summed E-state index contributed by atoms with van der Waals surface area (Å²) in [5, 5.41) is 11.3. The minimum atomic E-state index is -1.08. The average molecular weight is 955 g/mol. The van der Waals surface area contributed by atoms with Crippen molar-refractivity contribution in [1.29, 1.82) is 0 Å². The molecule has 0 spiro atoms. The number of piperidine rings is 1. The van der Waals surface area contributed by atoms with E-state index in [0.29, 0.717) is 50.4 Å². The minimum Gasteiger partial charge on any atom is -0.464 e. The third kappa shape index (κ3) is 10.2. The molecule has 6 bridgehead atoms. The highest BCUT2D eigenvalue weighted by atomic mass is 32.1. The summed E-state index contributed by atoms with van der Waals surface area (Å²) in [6.07, 6.45) is 6.63. The number of likely N-dealkylation sites (tertiary alicyclic amines) is 1. The molecule has 8 rings (SSSR count). The number of cyclic esters (lactones) is 1. The zero-order valence-electron chi connectivity index (χ0n) is 41.2. The molecule has 3 N–H and O–H groups in total. The highest BCUT2D eigenvalue weighted by molar-refractivity contribution is 7.10. The summed E-state index contributed by atoms with van der Waals surface area (Å²) in [6.45, 7) is 14.9. The second-order valence-electron chi connectivity index (χ2n) is 20.3. The maximum Gasteiger partial charge on any atom is 0.324 e. The number of allylic oxidation sites excluding steroid dienone is 1. The van der Waals surface area contributed by atoms with E-state index in [1.54, 1.807) is 31.0 Å². The number of rotatable bonds is 10. The number of aliphatic imine (C=N–C) groups is 1. The van der Waals surface area contributed by atoms with Gasteiger partial charge in [0.15, 0.2) is 0 Å². The smallest absolute Gasteiger partial charge is 0.324 e. The number of esters is 1. The SMILES string of the molecule is CCn1c(C2=C([C@H](C)OC)N=CCC2)c2c3cc(ccc31)-c1csc(n1)C[C@H](NC(=O)[C@H](C(C)C)N(C)C(=O)N1CCC[C@@H](N(C)C(=O)[C@@H]3CN3)C1)C(=O)N1CCC[C@H](N1)C(=O)OCC(C)(C)C2. The molecule has 5 aliphatic rings. The number of nitrogens with zero attached hydrogens (tertiary/aromatic N) is 7. The van der Waals surface area contributed by atoms with Gasteiger partial charge in [0.05, 0.1) is 40.8 Å². The minimum absolute atomic E-state index is 0.0239. The second-order valence-corrected chi connectivity index (χ2v) is 21.2. The molecular weight excluding hydrogens is 885 g/mol. The Bertz CT molecular complexity index is 2470. The molecule has 0 radical (unpaired) electrons. The van der Waals surface area contributed by atoms with Gasteiger partial charge in [0, 0.05) is 105 Å². The molecule has 3 saturated heterocycles. The normalized spacial score (nSPS) is 24.1. The fourth-order valence-corrected chi connectivity index (χ4v) is 11.3. The molecule has 368 valence electrons. The lowest BCUT2D eigenvalue weighted by Crippen LogP contribution is -2.63. The molecule has 3 aromatic rings. The lowest BCUT2D eigenvalue weighted by Gasteiger charge is -2.41. The van der Waals surface area contributed by atoms with Crippen LogP contribution in [0, 0.1) is 11.3 Å². The molecule has 0 unspecified atom stereocenters. The monoisotopic (exact) mass is 955 g/mol. The van der Waals surface area contributed by atoms with E-state index >= 15 is 0 Å². The summed E-state index contributed by atoms with van der Waals surface area (Å²) in [5.74, 6) is -1.62. The number of hydrogen-bond donors (Lipinski definition) is 3. The number of carbonyl (C=O) groups is 5. The van der Waals surface area contributed by atoms with Gasteiger partial charge in [-0.05, 0) is 82.4 Å². The molecule has 68 heavy (non-hydrogen) atoms. The number of methoxy groups -OCH3 is 1. The van der Waals surface area contributed by atoms with Crippen LogP contribution < -0.4 is 16.1 Å². The molecule has 2 aromatic heterocycles. The number of fused-ring (bicyclic) bond motifs is 6. The van der Waals surface area contributed by atoms with Crippen molar-refractivity contribution in [3.05, 3.63) is 45.5 Å². The van der Waals surface area contributed by atoms with Crippen molar-refractivity contribution in [1.82, 2.24) is 45.3 Å². The lowest BCUT2D eigenvalue weighted by atomic mass is 9.83. The van der Waals surface area contributed by atoms with Crippen molar-refractivity contribution < 1.29 is 33.4 Å². The third-order valence-corrected chi connectivity index (χ3v) is 15.2. The standard InChI is InChI=1S/C50H70N10O7S/c1-10-59-40-18-17-31-22-34(40)35(44(59)33-15-11-19-51-42(33)30(4)66-9)24-50(5,6)28-67-48(64)36-16-13-21-60(55-36)47(63)37(23-41-53-39(31)27-68-41)54-45(61)43(29(2)3)57(8)49(65)58-20-12-14-32(26-58)56(7)46(62)38-25-52-38/h17-19,22,27,29-30,32,36-38,43,52,55H,10-16,20-21,23-26,28H2,1-9H3,(H,54,61)/t30-,32+,36-,37-,38-,43-/m0/s1. The van der Waals surface area contributed by atoms with Gasteiger partial charge in [-0.25, -0.2) is 15.2 Å². The number of benzene rings is 1. The highest BCUT2D eigenvalue weighted by Gasteiger charge is 2.41. The summed E-state index contributed by atoms with van der Waals surface area (Å²) in [7, 11) is 5.13. The summed E-state index contributed by atoms with van der Waals surface area (Å²) >= 11 is 1.42. The number of nitrogens with one attached hydrogen (secondary N) is 3. The number of hydrogen-bond acceptors (Lipinski definition) is 12. The van der Waals surface area contributed by atoms with Crippen LogP contribution >= 0.6 is 11.3 Å². The molecule has 0 aliphatic carbocycles. The quantitative estimate of drug-likeness (QED) is 0.184. The van der Waals surface area contributed by atoms with Gasteiger partial charge in [-0.2, -0.15) is 0 Å². The predicted molar refractivity (Wildman–Crippen MR) is 263 cm³/mol. The maximum absolute atomic E-state index is 14.7. The molecule has 18 heteroatoms. The van der Waals surface area contributed by atoms with Gasteiger partial charge in [-0.15, -0.1) is 11.3 Å². The molecule has 1 aromatic carbocycles. The molecule has 5 amide bonds. The van der Waals surface area contributed by atoms with E-state index in [9.17, 15) is 24.0 Å². The summed E-state index contributed by atoms with van der Waals surface area (Å²) in [4.78, 5) is 85.3. The van der Waals surface area contributed by atoms with Crippen LogP contribution in [-0.4, -0.2) is 156 Å². The number of aromatic nitrogens is 2. The Hall–Kier alpha value is -5.17. The number of likely N-dealkylation sites (N-methyl/N-ethyl adjacent to an activating group) is 2. The fraction of sp³-hybridized carbons (Fsp3) is 0.620. The molecule has 5 aliphatic heterocycles. The number of carbonyl (C=O) groups excluding carboxylic acids is 5. The van der Waals surface area contributed by atoms with Crippen molar-refractivity contribution in [3.8, 4) is 11.3 Å². The van der Waals surface area contributed by atoms with Crippen LogP contribution in [0.15, 0.2) is 34.3 Å². The van der Waals surface area contributed by atoms with Crippen molar-refractivity contribution in [2.45, 2.75) is 136 Å². The van der Waals surface area contributed by atoms with Gasteiger partial charge in [-0.1, -0.05) is 33.8 Å². The van der Waals surface area contributed by atoms with Crippen LogP contribution in [0.1, 0.15) is 96.3 Å². The topological polar surface area (TPSA) is 193 Å². The van der Waals surface area contributed by atoms with Crippen LogP contribution in [0.5, 0.6) is 0 Å². The second kappa shape index (κ2) is 20.4. The largest absolute Gasteiger partial charge is 0.464 e. The van der Waals surface area contributed by atoms with Gasteiger partial charge < -0.3 is 39.4 Å². The van der Waals surface area contributed by atoms with Gasteiger partial charge in [-0.3, -0.25) is 29.2 Å². The van der Waals surface area contributed by atoms with E-state index in [0.717, 1.165) is 76.9 Å². The zero-order chi connectivity index (χ0) is 48.6. The predicted octanol–water partition coefficient (Wildman–Crippen LogP) is 5.01. The Morgan fingerprint density at radius 2 is 1.87 bits per heavy atom. The van der Waals surface area contributed by atoms with Crippen LogP contribution in [0.4, 0.5) is 4.79 Å². The first-order valence-corrected chi connectivity index (χ1v) is 25.3. The first-order chi connectivity index (χ1) is 32.5. The Balaban J connectivity index is 1.13. The number of hydrazine groups is 1. The van der Waals surface area contributed by atoms with Crippen molar-refractivity contribution >= 4 is 63.7 Å². The van der Waals surface area contributed by atoms with E-state index in [4.69, 9.17) is 19.5 Å². The summed E-state index contributed by atoms with van der Waals surface area (Å²) in [5.41, 5.74) is 9.79. The number of amides is 5. The molecule has 7 heterocycles.